The Morgan fingerprint density at radius 3 is 2.88 bits per heavy atom. The lowest BCUT2D eigenvalue weighted by molar-refractivity contribution is 0.242. The Bertz CT molecular complexity index is 314. The number of hydrogen-bond donors (Lipinski definition) is 2. The molecule has 0 radical (unpaired) electrons. The van der Waals surface area contributed by atoms with Crippen molar-refractivity contribution in [3.63, 3.8) is 0 Å². The summed E-state index contributed by atoms with van der Waals surface area (Å²) in [6.07, 6.45) is 0.971. The SMILES string of the molecule is CCNC(CO)CCSc1cc(C)nn1C. The summed E-state index contributed by atoms with van der Waals surface area (Å²) in [6.45, 7) is 5.17. The molecule has 0 aromatic carbocycles. The minimum Gasteiger partial charge on any atom is -0.395 e. The van der Waals surface area contributed by atoms with E-state index < -0.39 is 0 Å². The molecule has 0 fully saturated rings. The number of rotatable bonds is 7. The molecule has 0 saturated carbocycles. The molecule has 1 heterocycles. The Balaban J connectivity index is 2.32. The number of hydrogen-bond acceptors (Lipinski definition) is 4. The van der Waals surface area contributed by atoms with E-state index in [1.165, 1.54) is 5.03 Å². The van der Waals surface area contributed by atoms with Crippen molar-refractivity contribution in [1.29, 1.82) is 0 Å². The molecule has 92 valence electrons. The van der Waals surface area contributed by atoms with Gasteiger partial charge < -0.3 is 10.4 Å². The molecule has 4 nitrogen and oxygen atoms in total. The van der Waals surface area contributed by atoms with Gasteiger partial charge in [-0.1, -0.05) is 6.92 Å². The second kappa shape index (κ2) is 6.93. The highest BCUT2D eigenvalue weighted by atomic mass is 32.2. The van der Waals surface area contributed by atoms with Crippen LogP contribution >= 0.6 is 11.8 Å². The van der Waals surface area contributed by atoms with E-state index in [9.17, 15) is 0 Å². The van der Waals surface area contributed by atoms with Crippen LogP contribution < -0.4 is 5.32 Å². The molecule has 1 atom stereocenters. The number of aliphatic hydroxyl groups excluding tert-OH is 1. The quantitative estimate of drug-likeness (QED) is 0.706. The predicted molar refractivity (Wildman–Crippen MR) is 67.8 cm³/mol. The van der Waals surface area contributed by atoms with Crippen LogP contribution in [-0.4, -0.2) is 39.8 Å². The fourth-order valence-corrected chi connectivity index (χ4v) is 2.67. The topological polar surface area (TPSA) is 50.1 Å². The van der Waals surface area contributed by atoms with Gasteiger partial charge in [-0.25, -0.2) is 0 Å². The van der Waals surface area contributed by atoms with Crippen molar-refractivity contribution >= 4 is 11.8 Å². The fourth-order valence-electron chi connectivity index (χ4n) is 1.57. The van der Waals surface area contributed by atoms with Crippen molar-refractivity contribution in [3.8, 4) is 0 Å². The first-order valence-electron chi connectivity index (χ1n) is 5.65. The number of thioether (sulfide) groups is 1. The minimum absolute atomic E-state index is 0.207. The van der Waals surface area contributed by atoms with Crippen LogP contribution in [0.25, 0.3) is 0 Å². The number of aryl methyl sites for hydroxylation is 2. The minimum atomic E-state index is 0.207. The molecular formula is C11H21N3OS. The summed E-state index contributed by atoms with van der Waals surface area (Å²) in [6, 6.07) is 2.30. The molecule has 0 amide bonds. The second-order valence-electron chi connectivity index (χ2n) is 3.82. The van der Waals surface area contributed by atoms with E-state index in [0.29, 0.717) is 0 Å². The van der Waals surface area contributed by atoms with Crippen molar-refractivity contribution < 1.29 is 5.11 Å². The highest BCUT2D eigenvalue weighted by molar-refractivity contribution is 7.99. The number of nitrogens with one attached hydrogen (secondary N) is 1. The lowest BCUT2D eigenvalue weighted by Gasteiger charge is -2.14. The third kappa shape index (κ3) is 4.15. The van der Waals surface area contributed by atoms with Gasteiger partial charge >= 0.3 is 0 Å². The van der Waals surface area contributed by atoms with Crippen molar-refractivity contribution in [2.75, 3.05) is 18.9 Å². The summed E-state index contributed by atoms with van der Waals surface area (Å²) in [5.41, 5.74) is 1.05. The third-order valence-corrected chi connectivity index (χ3v) is 3.51. The summed E-state index contributed by atoms with van der Waals surface area (Å²) in [4.78, 5) is 0. The highest BCUT2D eigenvalue weighted by Gasteiger charge is 2.07. The molecule has 0 saturated heterocycles. The average Bonchev–Trinajstić information content (AvgIpc) is 2.56. The molecule has 0 aliphatic carbocycles. The van der Waals surface area contributed by atoms with E-state index in [1.807, 2.05) is 18.7 Å². The fraction of sp³-hybridized carbons (Fsp3) is 0.727. The van der Waals surface area contributed by atoms with Gasteiger partial charge in [0.25, 0.3) is 0 Å². The van der Waals surface area contributed by atoms with Crippen molar-refractivity contribution in [2.45, 2.75) is 31.3 Å². The Morgan fingerprint density at radius 1 is 1.62 bits per heavy atom. The standard InChI is InChI=1S/C11H21N3OS/c1-4-12-10(8-15)5-6-16-11-7-9(2)13-14(11)3/h7,10,12,15H,4-6,8H2,1-3H3. The van der Waals surface area contributed by atoms with Gasteiger partial charge in [-0.05, 0) is 26.0 Å². The van der Waals surface area contributed by atoms with Gasteiger partial charge in [0.1, 0.15) is 0 Å². The van der Waals surface area contributed by atoms with Crippen molar-refractivity contribution in [3.05, 3.63) is 11.8 Å². The van der Waals surface area contributed by atoms with E-state index in [-0.39, 0.29) is 12.6 Å². The zero-order valence-electron chi connectivity index (χ0n) is 10.2. The maximum absolute atomic E-state index is 9.12. The maximum atomic E-state index is 9.12. The molecule has 5 heteroatoms. The molecule has 2 N–H and O–H groups in total. The second-order valence-corrected chi connectivity index (χ2v) is 4.94. The number of likely N-dealkylation sites (N-methyl/N-ethyl adjacent to an activating group) is 1. The predicted octanol–water partition coefficient (Wildman–Crippen LogP) is 1.18. The van der Waals surface area contributed by atoms with Crippen LogP contribution in [0.15, 0.2) is 11.1 Å². The Morgan fingerprint density at radius 2 is 2.38 bits per heavy atom. The largest absolute Gasteiger partial charge is 0.395 e. The Labute approximate surface area is 101 Å². The van der Waals surface area contributed by atoms with Gasteiger partial charge in [-0.15, -0.1) is 11.8 Å². The van der Waals surface area contributed by atoms with Crippen molar-refractivity contribution in [1.82, 2.24) is 15.1 Å². The van der Waals surface area contributed by atoms with Gasteiger partial charge in [0.05, 0.1) is 17.3 Å². The molecule has 1 aromatic rings. The van der Waals surface area contributed by atoms with Crippen molar-refractivity contribution in [2.24, 2.45) is 7.05 Å². The average molecular weight is 243 g/mol. The summed E-state index contributed by atoms with van der Waals surface area (Å²) >= 11 is 1.79. The van der Waals surface area contributed by atoms with Gasteiger partial charge in [-0.2, -0.15) is 5.10 Å². The summed E-state index contributed by atoms with van der Waals surface area (Å²) < 4.78 is 1.90. The normalized spacial score (nSPS) is 13.0. The van der Waals surface area contributed by atoms with E-state index in [1.54, 1.807) is 11.8 Å². The van der Waals surface area contributed by atoms with E-state index >= 15 is 0 Å². The third-order valence-electron chi connectivity index (χ3n) is 2.39. The van der Waals surface area contributed by atoms with Crippen LogP contribution in [0.1, 0.15) is 19.0 Å². The van der Waals surface area contributed by atoms with Gasteiger partial charge in [0, 0.05) is 18.8 Å². The van der Waals surface area contributed by atoms with Gasteiger partial charge in [0.15, 0.2) is 0 Å². The number of aromatic nitrogens is 2. The first-order chi connectivity index (χ1) is 7.67. The first-order valence-corrected chi connectivity index (χ1v) is 6.63. The summed E-state index contributed by atoms with van der Waals surface area (Å²) in [5.74, 6) is 0.997. The van der Waals surface area contributed by atoms with E-state index in [2.05, 4.69) is 23.4 Å². The monoisotopic (exact) mass is 243 g/mol. The molecule has 1 rings (SSSR count). The Hall–Kier alpha value is -0.520. The van der Waals surface area contributed by atoms with Crippen LogP contribution in [0, 0.1) is 6.92 Å². The van der Waals surface area contributed by atoms with Gasteiger partial charge in [-0.3, -0.25) is 4.68 Å². The molecule has 0 aliphatic heterocycles. The molecule has 1 aromatic heterocycles. The van der Waals surface area contributed by atoms with Crippen LogP contribution in [0.3, 0.4) is 0 Å². The molecule has 1 unspecified atom stereocenters. The molecule has 16 heavy (non-hydrogen) atoms. The summed E-state index contributed by atoms with van der Waals surface area (Å²) in [5, 5.41) is 17.9. The highest BCUT2D eigenvalue weighted by Crippen LogP contribution is 2.19. The molecule has 0 bridgehead atoms. The van der Waals surface area contributed by atoms with Crippen LogP contribution in [-0.2, 0) is 7.05 Å². The van der Waals surface area contributed by atoms with Gasteiger partial charge in [0.2, 0.25) is 0 Å². The van der Waals surface area contributed by atoms with E-state index in [0.717, 1.165) is 24.4 Å². The zero-order chi connectivity index (χ0) is 12.0. The summed E-state index contributed by atoms with van der Waals surface area (Å²) in [7, 11) is 1.96. The Kier molecular flexibility index (Phi) is 5.87. The number of aliphatic hydroxyl groups is 1. The smallest absolute Gasteiger partial charge is 0.0939 e. The maximum Gasteiger partial charge on any atom is 0.0939 e. The van der Waals surface area contributed by atoms with E-state index in [4.69, 9.17) is 5.11 Å². The lowest BCUT2D eigenvalue weighted by Crippen LogP contribution is -2.32. The van der Waals surface area contributed by atoms with Crippen LogP contribution in [0.4, 0.5) is 0 Å². The molecular weight excluding hydrogens is 222 g/mol. The van der Waals surface area contributed by atoms with Crippen LogP contribution in [0.2, 0.25) is 0 Å². The zero-order valence-corrected chi connectivity index (χ0v) is 11.0. The van der Waals surface area contributed by atoms with Crippen LogP contribution in [0.5, 0.6) is 0 Å². The first kappa shape index (κ1) is 13.5. The molecule has 0 aliphatic rings. The lowest BCUT2D eigenvalue weighted by atomic mass is 10.2. The number of nitrogens with zero attached hydrogens (tertiary/aromatic N) is 2. The molecule has 0 spiro atoms.